The highest BCUT2D eigenvalue weighted by molar-refractivity contribution is 7.95. The second-order valence-corrected chi connectivity index (χ2v) is 6.28. The van der Waals surface area contributed by atoms with E-state index in [0.717, 1.165) is 12.8 Å². The topological polar surface area (TPSA) is 43.4 Å². The van der Waals surface area contributed by atoms with Crippen molar-refractivity contribution in [1.29, 1.82) is 0 Å². The van der Waals surface area contributed by atoms with Crippen LogP contribution in [0.5, 0.6) is 0 Å². The van der Waals surface area contributed by atoms with Crippen LogP contribution < -0.4 is 0 Å². The molecule has 0 N–H and O–H groups in total. The summed E-state index contributed by atoms with van der Waals surface area (Å²) in [5.41, 5.74) is 0. The van der Waals surface area contributed by atoms with Crippen LogP contribution in [0.1, 0.15) is 64.7 Å². The van der Waals surface area contributed by atoms with Crippen LogP contribution in [0.15, 0.2) is 0 Å². The molecule has 0 aromatic heterocycles. The van der Waals surface area contributed by atoms with Crippen molar-refractivity contribution >= 4 is 23.0 Å². The molecule has 0 bridgehead atoms. The lowest BCUT2D eigenvalue weighted by molar-refractivity contribution is 0.514. The summed E-state index contributed by atoms with van der Waals surface area (Å²) in [4.78, 5) is 0. The van der Waals surface area contributed by atoms with Gasteiger partial charge >= 0.3 is 0 Å². The molecule has 0 aromatic rings. The molecular weight excluding hydrogens is 244 g/mol. The van der Waals surface area contributed by atoms with Gasteiger partial charge in [0.2, 0.25) is 0 Å². The van der Waals surface area contributed by atoms with Gasteiger partial charge < -0.3 is 0 Å². The van der Waals surface area contributed by atoms with E-state index in [-0.39, 0.29) is 5.75 Å². The minimum Gasteiger partial charge on any atom is -0.201 e. The van der Waals surface area contributed by atoms with Crippen molar-refractivity contribution in [2.24, 2.45) is 0 Å². The Balaban J connectivity index is 3.16. The monoisotopic (exact) mass is 268 g/mol. The standard InChI is InChI=1S/C11H24O3S2/c1-2-3-4-5-6-7-8-9-10-11-16(12,13)14-15/h15H,2-11H2,1H3. The molecule has 0 unspecified atom stereocenters. The molecule has 16 heavy (non-hydrogen) atoms. The largest absolute Gasteiger partial charge is 0.277 e. The SMILES string of the molecule is CCCCCCCCCCCS(=O)(=O)OS. The molecule has 0 saturated carbocycles. The van der Waals surface area contributed by atoms with E-state index in [1.165, 1.54) is 38.5 Å². The van der Waals surface area contributed by atoms with Gasteiger partial charge in [-0.1, -0.05) is 58.3 Å². The van der Waals surface area contributed by atoms with Gasteiger partial charge in [-0.05, 0) is 19.3 Å². The Bertz CT molecular complexity index is 238. The zero-order chi connectivity index (χ0) is 12.3. The molecule has 0 rings (SSSR count). The average Bonchev–Trinajstić information content (AvgIpc) is 2.27. The van der Waals surface area contributed by atoms with Gasteiger partial charge in [0.1, 0.15) is 0 Å². The predicted molar refractivity (Wildman–Crippen MR) is 71.1 cm³/mol. The summed E-state index contributed by atoms with van der Waals surface area (Å²) in [5, 5.41) is 0. The summed E-state index contributed by atoms with van der Waals surface area (Å²) in [6, 6.07) is 0. The number of hydrogen-bond donors (Lipinski definition) is 1. The highest BCUT2D eigenvalue weighted by Gasteiger charge is 2.07. The number of unbranched alkanes of at least 4 members (excludes halogenated alkanes) is 8. The molecule has 0 amide bonds. The van der Waals surface area contributed by atoms with E-state index in [1.807, 2.05) is 0 Å². The quantitative estimate of drug-likeness (QED) is 0.353. The zero-order valence-corrected chi connectivity index (χ0v) is 11.9. The first-order valence-electron chi connectivity index (χ1n) is 6.18. The lowest BCUT2D eigenvalue weighted by Gasteiger charge is -2.02. The first-order chi connectivity index (χ1) is 7.62. The fraction of sp³-hybridized carbons (Fsp3) is 1.00. The first-order valence-corrected chi connectivity index (χ1v) is 8.12. The van der Waals surface area contributed by atoms with E-state index in [4.69, 9.17) is 0 Å². The minimum atomic E-state index is -3.36. The molecule has 0 aliphatic rings. The first kappa shape index (κ1) is 16.3. The molecule has 0 radical (unpaired) electrons. The highest BCUT2D eigenvalue weighted by atomic mass is 32.3. The highest BCUT2D eigenvalue weighted by Crippen LogP contribution is 2.10. The van der Waals surface area contributed by atoms with Gasteiger partial charge in [0.25, 0.3) is 10.1 Å². The molecular formula is C11H24O3S2. The third-order valence-electron chi connectivity index (χ3n) is 2.61. The van der Waals surface area contributed by atoms with Gasteiger partial charge in [-0.2, -0.15) is 8.42 Å². The summed E-state index contributed by atoms with van der Waals surface area (Å²) in [5.74, 6) is 0.0896. The molecule has 98 valence electrons. The Morgan fingerprint density at radius 3 is 1.75 bits per heavy atom. The molecule has 0 aliphatic heterocycles. The maximum Gasteiger partial charge on any atom is 0.277 e. The Kier molecular flexibility index (Phi) is 10.6. The fourth-order valence-electron chi connectivity index (χ4n) is 1.63. The molecule has 0 saturated heterocycles. The maximum absolute atomic E-state index is 10.9. The van der Waals surface area contributed by atoms with Crippen molar-refractivity contribution in [2.45, 2.75) is 64.7 Å². The van der Waals surface area contributed by atoms with Gasteiger partial charge in [-0.3, -0.25) is 0 Å². The van der Waals surface area contributed by atoms with E-state index < -0.39 is 10.1 Å². The lowest BCUT2D eigenvalue weighted by atomic mass is 10.1. The van der Waals surface area contributed by atoms with Crippen molar-refractivity contribution in [3.63, 3.8) is 0 Å². The lowest BCUT2D eigenvalue weighted by Crippen LogP contribution is -2.04. The molecule has 3 nitrogen and oxygen atoms in total. The second-order valence-electron chi connectivity index (χ2n) is 4.16. The van der Waals surface area contributed by atoms with Crippen molar-refractivity contribution in [1.82, 2.24) is 0 Å². The van der Waals surface area contributed by atoms with Crippen LogP contribution in [0.4, 0.5) is 0 Å². The number of rotatable bonds is 11. The van der Waals surface area contributed by atoms with E-state index >= 15 is 0 Å². The maximum atomic E-state index is 10.9. The van der Waals surface area contributed by atoms with E-state index in [0.29, 0.717) is 6.42 Å². The summed E-state index contributed by atoms with van der Waals surface area (Å²) in [6.07, 6.45) is 10.5. The van der Waals surface area contributed by atoms with Crippen molar-refractivity contribution < 1.29 is 12.0 Å². The van der Waals surface area contributed by atoms with Crippen molar-refractivity contribution in [2.75, 3.05) is 5.75 Å². The van der Waals surface area contributed by atoms with Gasteiger partial charge in [0, 0.05) is 0 Å². The van der Waals surface area contributed by atoms with Crippen LogP contribution >= 0.6 is 12.9 Å². The van der Waals surface area contributed by atoms with Crippen LogP contribution in [0.3, 0.4) is 0 Å². The summed E-state index contributed by atoms with van der Waals surface area (Å²) < 4.78 is 25.9. The second kappa shape index (κ2) is 10.4. The normalized spacial score (nSPS) is 11.9. The van der Waals surface area contributed by atoms with Gasteiger partial charge in [-0.15, -0.1) is 0 Å². The van der Waals surface area contributed by atoms with Crippen LogP contribution in [0.2, 0.25) is 0 Å². The van der Waals surface area contributed by atoms with Gasteiger partial charge in [0.15, 0.2) is 0 Å². The third-order valence-corrected chi connectivity index (χ3v) is 4.31. The van der Waals surface area contributed by atoms with Crippen LogP contribution in [0.25, 0.3) is 0 Å². The number of hydrogen-bond acceptors (Lipinski definition) is 4. The Hall–Kier alpha value is 0.260. The summed E-state index contributed by atoms with van der Waals surface area (Å²) in [7, 11) is -3.36. The van der Waals surface area contributed by atoms with E-state index in [9.17, 15) is 8.42 Å². The molecule has 0 atom stereocenters. The van der Waals surface area contributed by atoms with E-state index in [1.54, 1.807) is 0 Å². The summed E-state index contributed by atoms with van der Waals surface area (Å²) in [6.45, 7) is 2.21. The Morgan fingerprint density at radius 1 is 0.875 bits per heavy atom. The molecule has 0 aromatic carbocycles. The average molecular weight is 268 g/mol. The Morgan fingerprint density at radius 2 is 1.31 bits per heavy atom. The van der Waals surface area contributed by atoms with Crippen molar-refractivity contribution in [3.05, 3.63) is 0 Å². The van der Waals surface area contributed by atoms with Gasteiger partial charge in [-0.25, -0.2) is 3.63 Å². The van der Waals surface area contributed by atoms with Crippen LogP contribution in [-0.2, 0) is 13.7 Å². The predicted octanol–water partition coefficient (Wildman–Crippen LogP) is 3.71. The molecule has 0 spiro atoms. The minimum absolute atomic E-state index is 0.0896. The Labute approximate surface area is 106 Å². The molecule has 0 aliphatic carbocycles. The molecule has 5 heteroatoms. The summed E-state index contributed by atoms with van der Waals surface area (Å²) >= 11 is 3.30. The van der Waals surface area contributed by atoms with Crippen molar-refractivity contribution in [3.8, 4) is 0 Å². The molecule has 0 heterocycles. The van der Waals surface area contributed by atoms with Gasteiger partial charge in [0.05, 0.1) is 5.75 Å². The third kappa shape index (κ3) is 10.8. The van der Waals surface area contributed by atoms with E-state index in [2.05, 4.69) is 23.5 Å². The van der Waals surface area contributed by atoms with Crippen LogP contribution in [-0.4, -0.2) is 14.2 Å². The molecule has 0 fully saturated rings. The fourth-order valence-corrected chi connectivity index (χ4v) is 2.48. The van der Waals surface area contributed by atoms with Crippen LogP contribution in [0, 0.1) is 0 Å². The smallest absolute Gasteiger partial charge is 0.201 e. The zero-order valence-electron chi connectivity index (χ0n) is 10.2. The number of thiol groups is 1.